The zero-order chi connectivity index (χ0) is 15.4. The van der Waals surface area contributed by atoms with Crippen LogP contribution in [0.3, 0.4) is 0 Å². The lowest BCUT2D eigenvalue weighted by Crippen LogP contribution is -2.39. The van der Waals surface area contributed by atoms with Gasteiger partial charge in [0, 0.05) is 19.7 Å². The first kappa shape index (κ1) is 15.3. The van der Waals surface area contributed by atoms with E-state index in [9.17, 15) is 4.79 Å². The third-order valence-corrected chi connectivity index (χ3v) is 5.09. The minimum Gasteiger partial charge on any atom is -0.445 e. The van der Waals surface area contributed by atoms with Crippen LogP contribution in [0.4, 0.5) is 4.79 Å². The number of aliphatic hydroxyl groups is 1. The minimum absolute atomic E-state index is 0.190. The second-order valence-corrected chi connectivity index (χ2v) is 6.54. The van der Waals surface area contributed by atoms with Crippen molar-refractivity contribution in [3.63, 3.8) is 0 Å². The van der Waals surface area contributed by atoms with Crippen molar-refractivity contribution in [3.8, 4) is 0 Å². The Balaban J connectivity index is 1.39. The number of aliphatic hydroxyl groups excluding tert-OH is 1. The normalized spacial score (nSPS) is 25.0. The molecule has 0 aromatic heterocycles. The number of benzene rings is 1. The van der Waals surface area contributed by atoms with Crippen LogP contribution in [0.5, 0.6) is 0 Å². The fraction of sp³-hybridized carbons (Fsp3) is 0.611. The van der Waals surface area contributed by atoms with Crippen LogP contribution in [0.2, 0.25) is 0 Å². The number of likely N-dealkylation sites (tertiary alicyclic amines) is 1. The Bertz CT molecular complexity index is 482. The van der Waals surface area contributed by atoms with E-state index in [1.807, 2.05) is 35.2 Å². The summed E-state index contributed by atoms with van der Waals surface area (Å²) in [6, 6.07) is 9.79. The van der Waals surface area contributed by atoms with E-state index in [1.54, 1.807) is 0 Å². The van der Waals surface area contributed by atoms with Crippen molar-refractivity contribution in [2.24, 2.45) is 17.8 Å². The van der Waals surface area contributed by atoms with E-state index in [0.717, 1.165) is 55.7 Å². The minimum atomic E-state index is -0.190. The number of carbonyl (C=O) groups excluding carboxylic acids is 1. The first-order valence-electron chi connectivity index (χ1n) is 8.34. The molecule has 1 amide bonds. The zero-order valence-electron chi connectivity index (χ0n) is 13.0. The Morgan fingerprint density at radius 2 is 1.95 bits per heavy atom. The Kier molecular flexibility index (Phi) is 4.98. The molecule has 4 heteroatoms. The molecular weight excluding hydrogens is 278 g/mol. The monoisotopic (exact) mass is 303 g/mol. The highest BCUT2D eigenvalue weighted by molar-refractivity contribution is 5.67. The second kappa shape index (κ2) is 7.14. The molecule has 1 saturated heterocycles. The first-order chi connectivity index (χ1) is 10.8. The summed E-state index contributed by atoms with van der Waals surface area (Å²) in [5.41, 5.74) is 1.02. The lowest BCUT2D eigenvalue weighted by atomic mass is 9.91. The molecule has 0 spiro atoms. The molecule has 4 nitrogen and oxygen atoms in total. The van der Waals surface area contributed by atoms with Crippen molar-refractivity contribution in [1.82, 2.24) is 4.90 Å². The number of nitrogens with zero attached hydrogens (tertiary/aromatic N) is 1. The molecule has 1 aliphatic carbocycles. The average molecular weight is 303 g/mol. The van der Waals surface area contributed by atoms with Gasteiger partial charge in [0.05, 0.1) is 0 Å². The van der Waals surface area contributed by atoms with Crippen LogP contribution >= 0.6 is 0 Å². The number of hydrogen-bond donors (Lipinski definition) is 1. The van der Waals surface area contributed by atoms with Gasteiger partial charge < -0.3 is 14.7 Å². The van der Waals surface area contributed by atoms with Gasteiger partial charge in [0.15, 0.2) is 0 Å². The van der Waals surface area contributed by atoms with Gasteiger partial charge in [0.1, 0.15) is 6.61 Å². The van der Waals surface area contributed by atoms with Crippen molar-refractivity contribution in [1.29, 1.82) is 0 Å². The maximum absolute atomic E-state index is 12.1. The van der Waals surface area contributed by atoms with Crippen LogP contribution in [-0.2, 0) is 11.3 Å². The summed E-state index contributed by atoms with van der Waals surface area (Å²) in [5, 5.41) is 8.99. The van der Waals surface area contributed by atoms with Gasteiger partial charge in [0.25, 0.3) is 0 Å². The molecule has 1 aromatic carbocycles. The first-order valence-corrected chi connectivity index (χ1v) is 8.34. The van der Waals surface area contributed by atoms with Gasteiger partial charge in [-0.05, 0) is 49.0 Å². The standard InChI is InChI=1S/C18H25NO3/c20-11-8-16-12-17(16)15-6-9-19(10-7-15)18(21)22-13-14-4-2-1-3-5-14/h1-5,15-17,20H,6-13H2/t16-,17+/m1/s1. The van der Waals surface area contributed by atoms with E-state index in [0.29, 0.717) is 13.2 Å². The maximum atomic E-state index is 12.1. The quantitative estimate of drug-likeness (QED) is 0.909. The van der Waals surface area contributed by atoms with Crippen molar-refractivity contribution in [2.45, 2.75) is 32.3 Å². The predicted octanol–water partition coefficient (Wildman–Crippen LogP) is 3.05. The number of ether oxygens (including phenoxy) is 1. The molecule has 0 unspecified atom stereocenters. The average Bonchev–Trinajstić information content (AvgIpc) is 3.33. The van der Waals surface area contributed by atoms with Crippen molar-refractivity contribution >= 4 is 6.09 Å². The topological polar surface area (TPSA) is 49.8 Å². The molecule has 1 N–H and O–H groups in total. The second-order valence-electron chi connectivity index (χ2n) is 6.54. The zero-order valence-corrected chi connectivity index (χ0v) is 13.0. The summed E-state index contributed by atoms with van der Waals surface area (Å²) < 4.78 is 5.39. The van der Waals surface area contributed by atoms with E-state index in [1.165, 1.54) is 6.42 Å². The van der Waals surface area contributed by atoms with Crippen LogP contribution < -0.4 is 0 Å². The number of hydrogen-bond acceptors (Lipinski definition) is 3. The summed E-state index contributed by atoms with van der Waals surface area (Å²) >= 11 is 0. The molecule has 1 aliphatic heterocycles. The van der Waals surface area contributed by atoms with Gasteiger partial charge in [-0.2, -0.15) is 0 Å². The summed E-state index contributed by atoms with van der Waals surface area (Å²) in [6.45, 7) is 2.27. The van der Waals surface area contributed by atoms with Crippen LogP contribution in [0.25, 0.3) is 0 Å². The Morgan fingerprint density at radius 1 is 1.23 bits per heavy atom. The molecule has 22 heavy (non-hydrogen) atoms. The van der Waals surface area contributed by atoms with Gasteiger partial charge in [-0.1, -0.05) is 30.3 Å². The van der Waals surface area contributed by atoms with E-state index >= 15 is 0 Å². The maximum Gasteiger partial charge on any atom is 0.410 e. The van der Waals surface area contributed by atoms with Crippen LogP contribution in [0.15, 0.2) is 30.3 Å². The smallest absolute Gasteiger partial charge is 0.410 e. The van der Waals surface area contributed by atoms with Crippen LogP contribution in [0, 0.1) is 17.8 Å². The fourth-order valence-electron chi connectivity index (χ4n) is 3.67. The van der Waals surface area contributed by atoms with Crippen molar-refractivity contribution < 1.29 is 14.6 Å². The molecule has 1 aromatic rings. The number of piperidine rings is 1. The Hall–Kier alpha value is -1.55. The Morgan fingerprint density at radius 3 is 2.64 bits per heavy atom. The molecule has 1 saturated carbocycles. The molecule has 120 valence electrons. The van der Waals surface area contributed by atoms with E-state index in [2.05, 4.69) is 0 Å². The highest BCUT2D eigenvalue weighted by Crippen LogP contribution is 2.49. The summed E-state index contributed by atoms with van der Waals surface area (Å²) in [6.07, 6.45) is 4.18. The highest BCUT2D eigenvalue weighted by Gasteiger charge is 2.43. The molecule has 2 aliphatic rings. The molecule has 1 heterocycles. The largest absolute Gasteiger partial charge is 0.445 e. The van der Waals surface area contributed by atoms with Crippen molar-refractivity contribution in [3.05, 3.63) is 35.9 Å². The van der Waals surface area contributed by atoms with Crippen molar-refractivity contribution in [2.75, 3.05) is 19.7 Å². The highest BCUT2D eigenvalue weighted by atomic mass is 16.6. The summed E-state index contributed by atoms with van der Waals surface area (Å²) in [7, 11) is 0. The number of amides is 1. The van der Waals surface area contributed by atoms with Gasteiger partial charge in [-0.15, -0.1) is 0 Å². The summed E-state index contributed by atoms with van der Waals surface area (Å²) in [5.74, 6) is 2.25. The predicted molar refractivity (Wildman–Crippen MR) is 84.2 cm³/mol. The molecule has 0 radical (unpaired) electrons. The SMILES string of the molecule is O=C(OCc1ccccc1)N1CCC([C@@H]2C[C@H]2CCO)CC1. The van der Waals surface area contributed by atoms with Gasteiger partial charge in [0.2, 0.25) is 0 Å². The molecular formula is C18H25NO3. The molecule has 2 fully saturated rings. The molecule has 3 rings (SSSR count). The van der Waals surface area contributed by atoms with E-state index in [4.69, 9.17) is 9.84 Å². The van der Waals surface area contributed by atoms with Gasteiger partial charge in [-0.25, -0.2) is 4.79 Å². The van der Waals surface area contributed by atoms with Crippen LogP contribution in [0.1, 0.15) is 31.2 Å². The van der Waals surface area contributed by atoms with Gasteiger partial charge >= 0.3 is 6.09 Å². The lowest BCUT2D eigenvalue weighted by molar-refractivity contribution is 0.0795. The van der Waals surface area contributed by atoms with Gasteiger partial charge in [-0.3, -0.25) is 0 Å². The summed E-state index contributed by atoms with van der Waals surface area (Å²) in [4.78, 5) is 13.9. The Labute approximate surface area is 132 Å². The van der Waals surface area contributed by atoms with E-state index < -0.39 is 0 Å². The third kappa shape index (κ3) is 3.80. The van der Waals surface area contributed by atoms with E-state index in [-0.39, 0.29) is 6.09 Å². The molecule has 2 atom stereocenters. The molecule has 0 bridgehead atoms. The number of carbonyl (C=O) groups is 1. The van der Waals surface area contributed by atoms with Crippen LogP contribution in [-0.4, -0.2) is 35.8 Å². The number of rotatable bonds is 5. The fourth-order valence-corrected chi connectivity index (χ4v) is 3.67. The third-order valence-electron chi connectivity index (χ3n) is 5.09. The lowest BCUT2D eigenvalue weighted by Gasteiger charge is -2.31.